The van der Waals surface area contributed by atoms with Gasteiger partial charge in [-0.05, 0) is 45.5 Å². The minimum Gasteiger partial charge on any atom is -0.481 e. The van der Waals surface area contributed by atoms with Crippen molar-refractivity contribution in [1.82, 2.24) is 4.90 Å². The molecule has 0 amide bonds. The second-order valence-corrected chi connectivity index (χ2v) is 5.02. The fourth-order valence-corrected chi connectivity index (χ4v) is 2.72. The number of halogens is 1. The Balaban J connectivity index is 2.44. The van der Waals surface area contributed by atoms with Crippen LogP contribution in [0.2, 0.25) is 0 Å². The molecule has 1 unspecified atom stereocenters. The quantitative estimate of drug-likeness (QED) is 0.876. The van der Waals surface area contributed by atoms with Crippen LogP contribution in [0.1, 0.15) is 24.8 Å². The standard InChI is InChI=1S/C14H18FNO2/c1-16-9-4-7-14(8-10-16,13(17)18)11-5-2-3-6-12(11)15/h2-3,5-6H,4,7-10H2,1H3,(H,17,18). The topological polar surface area (TPSA) is 40.5 Å². The third kappa shape index (κ3) is 2.25. The summed E-state index contributed by atoms with van der Waals surface area (Å²) in [6, 6.07) is 6.25. The minimum atomic E-state index is -1.07. The van der Waals surface area contributed by atoms with Crippen molar-refractivity contribution < 1.29 is 14.3 Å². The highest BCUT2D eigenvalue weighted by atomic mass is 19.1. The molecule has 18 heavy (non-hydrogen) atoms. The summed E-state index contributed by atoms with van der Waals surface area (Å²) in [7, 11) is 1.97. The zero-order chi connectivity index (χ0) is 13.2. The van der Waals surface area contributed by atoms with Crippen molar-refractivity contribution in [2.45, 2.75) is 24.7 Å². The SMILES string of the molecule is CN1CCCC(C(=O)O)(c2ccccc2F)CC1. The molecular weight excluding hydrogens is 233 g/mol. The van der Waals surface area contributed by atoms with Gasteiger partial charge in [-0.15, -0.1) is 0 Å². The Morgan fingerprint density at radius 1 is 1.33 bits per heavy atom. The lowest BCUT2D eigenvalue weighted by Gasteiger charge is -2.28. The molecule has 1 N–H and O–H groups in total. The average Bonchev–Trinajstić information content (AvgIpc) is 2.53. The Morgan fingerprint density at radius 2 is 2.06 bits per heavy atom. The molecule has 0 aliphatic carbocycles. The maximum Gasteiger partial charge on any atom is 0.314 e. The van der Waals surface area contributed by atoms with Crippen molar-refractivity contribution in [2.75, 3.05) is 20.1 Å². The zero-order valence-corrected chi connectivity index (χ0v) is 10.5. The lowest BCUT2D eigenvalue weighted by atomic mass is 9.74. The largest absolute Gasteiger partial charge is 0.481 e. The molecule has 2 rings (SSSR count). The lowest BCUT2D eigenvalue weighted by Crippen LogP contribution is -2.37. The van der Waals surface area contributed by atoms with Crippen LogP contribution in [0.15, 0.2) is 24.3 Å². The van der Waals surface area contributed by atoms with Crippen LogP contribution in [-0.4, -0.2) is 36.1 Å². The van der Waals surface area contributed by atoms with E-state index in [0.29, 0.717) is 24.9 Å². The van der Waals surface area contributed by atoms with Gasteiger partial charge in [0, 0.05) is 5.56 Å². The van der Waals surface area contributed by atoms with Gasteiger partial charge in [-0.3, -0.25) is 4.79 Å². The summed E-state index contributed by atoms with van der Waals surface area (Å²) in [6.07, 6.45) is 1.73. The molecule has 1 atom stereocenters. The van der Waals surface area contributed by atoms with Crippen LogP contribution >= 0.6 is 0 Å². The second kappa shape index (κ2) is 5.06. The van der Waals surface area contributed by atoms with Gasteiger partial charge < -0.3 is 10.0 Å². The van der Waals surface area contributed by atoms with E-state index in [2.05, 4.69) is 4.90 Å². The maximum absolute atomic E-state index is 13.9. The highest BCUT2D eigenvalue weighted by Crippen LogP contribution is 2.37. The molecule has 1 aliphatic rings. The Hall–Kier alpha value is -1.42. The number of carbonyl (C=O) groups is 1. The summed E-state index contributed by atoms with van der Waals surface area (Å²) in [5.41, 5.74) is -0.747. The van der Waals surface area contributed by atoms with Crippen molar-refractivity contribution >= 4 is 5.97 Å². The van der Waals surface area contributed by atoms with E-state index < -0.39 is 17.2 Å². The molecular formula is C14H18FNO2. The molecule has 0 saturated carbocycles. The fraction of sp³-hybridized carbons (Fsp3) is 0.500. The molecule has 1 heterocycles. The van der Waals surface area contributed by atoms with Crippen LogP contribution in [0.3, 0.4) is 0 Å². The number of hydrogen-bond acceptors (Lipinski definition) is 2. The van der Waals surface area contributed by atoms with E-state index in [1.807, 2.05) is 7.05 Å². The number of aliphatic carboxylic acids is 1. The normalized spacial score (nSPS) is 25.7. The number of carboxylic acid groups (broad SMARTS) is 1. The molecule has 0 spiro atoms. The molecule has 98 valence electrons. The number of nitrogens with zero attached hydrogens (tertiary/aromatic N) is 1. The Kier molecular flexibility index (Phi) is 3.66. The smallest absolute Gasteiger partial charge is 0.314 e. The number of hydrogen-bond donors (Lipinski definition) is 1. The summed E-state index contributed by atoms with van der Waals surface area (Å²) < 4.78 is 13.9. The number of likely N-dealkylation sites (tertiary alicyclic amines) is 1. The molecule has 0 aromatic heterocycles. The monoisotopic (exact) mass is 251 g/mol. The van der Waals surface area contributed by atoms with Gasteiger partial charge in [-0.1, -0.05) is 18.2 Å². The van der Waals surface area contributed by atoms with Gasteiger partial charge in [0.25, 0.3) is 0 Å². The van der Waals surface area contributed by atoms with Crippen molar-refractivity contribution in [3.63, 3.8) is 0 Å². The van der Waals surface area contributed by atoms with Crippen LogP contribution in [-0.2, 0) is 10.2 Å². The Bertz CT molecular complexity index is 449. The molecule has 1 fully saturated rings. The van der Waals surface area contributed by atoms with Gasteiger partial charge in [0.1, 0.15) is 5.82 Å². The molecule has 4 heteroatoms. The molecule has 1 aromatic carbocycles. The van der Waals surface area contributed by atoms with Crippen LogP contribution in [0.25, 0.3) is 0 Å². The summed E-state index contributed by atoms with van der Waals surface area (Å²) in [4.78, 5) is 13.8. The van der Waals surface area contributed by atoms with Crippen molar-refractivity contribution in [2.24, 2.45) is 0 Å². The van der Waals surface area contributed by atoms with E-state index in [1.54, 1.807) is 18.2 Å². The number of benzene rings is 1. The van der Waals surface area contributed by atoms with Crippen LogP contribution in [0, 0.1) is 5.82 Å². The van der Waals surface area contributed by atoms with E-state index in [1.165, 1.54) is 6.07 Å². The summed E-state index contributed by atoms with van der Waals surface area (Å²) in [5.74, 6) is -1.33. The molecule has 0 radical (unpaired) electrons. The van der Waals surface area contributed by atoms with E-state index in [4.69, 9.17) is 0 Å². The van der Waals surface area contributed by atoms with E-state index in [0.717, 1.165) is 13.0 Å². The third-order valence-electron chi connectivity index (χ3n) is 3.86. The highest BCUT2D eigenvalue weighted by molar-refractivity contribution is 5.81. The predicted octanol–water partition coefficient (Wildman–Crippen LogP) is 2.26. The van der Waals surface area contributed by atoms with E-state index >= 15 is 0 Å². The summed E-state index contributed by atoms with van der Waals surface area (Å²) in [6.45, 7) is 1.55. The van der Waals surface area contributed by atoms with Gasteiger partial charge in [0.2, 0.25) is 0 Å². The van der Waals surface area contributed by atoms with Crippen molar-refractivity contribution in [3.8, 4) is 0 Å². The van der Waals surface area contributed by atoms with Crippen molar-refractivity contribution in [3.05, 3.63) is 35.6 Å². The molecule has 1 aliphatic heterocycles. The minimum absolute atomic E-state index is 0.327. The van der Waals surface area contributed by atoms with Crippen LogP contribution < -0.4 is 0 Å². The van der Waals surface area contributed by atoms with Crippen molar-refractivity contribution in [1.29, 1.82) is 0 Å². The first-order valence-electron chi connectivity index (χ1n) is 6.23. The molecule has 1 aromatic rings. The molecule has 3 nitrogen and oxygen atoms in total. The predicted molar refractivity (Wildman–Crippen MR) is 67.1 cm³/mol. The van der Waals surface area contributed by atoms with E-state index in [-0.39, 0.29) is 0 Å². The number of rotatable bonds is 2. The summed E-state index contributed by atoms with van der Waals surface area (Å²) in [5, 5.41) is 9.59. The molecule has 1 saturated heterocycles. The van der Waals surface area contributed by atoms with Gasteiger partial charge in [0.05, 0.1) is 5.41 Å². The Morgan fingerprint density at radius 3 is 2.72 bits per heavy atom. The first kappa shape index (κ1) is 13.0. The first-order valence-corrected chi connectivity index (χ1v) is 6.23. The zero-order valence-electron chi connectivity index (χ0n) is 10.5. The third-order valence-corrected chi connectivity index (χ3v) is 3.86. The maximum atomic E-state index is 13.9. The van der Waals surface area contributed by atoms with Gasteiger partial charge in [0.15, 0.2) is 0 Å². The lowest BCUT2D eigenvalue weighted by molar-refractivity contribution is -0.144. The molecule has 0 bridgehead atoms. The highest BCUT2D eigenvalue weighted by Gasteiger charge is 2.42. The second-order valence-electron chi connectivity index (χ2n) is 5.02. The van der Waals surface area contributed by atoms with Crippen LogP contribution in [0.4, 0.5) is 4.39 Å². The van der Waals surface area contributed by atoms with Gasteiger partial charge in [-0.25, -0.2) is 4.39 Å². The van der Waals surface area contributed by atoms with Gasteiger partial charge >= 0.3 is 5.97 Å². The number of carboxylic acids is 1. The fourth-order valence-electron chi connectivity index (χ4n) is 2.72. The average molecular weight is 251 g/mol. The van der Waals surface area contributed by atoms with Crippen LogP contribution in [0.5, 0.6) is 0 Å². The summed E-state index contributed by atoms with van der Waals surface area (Å²) >= 11 is 0. The first-order chi connectivity index (χ1) is 8.56. The Labute approximate surface area is 106 Å². The van der Waals surface area contributed by atoms with E-state index in [9.17, 15) is 14.3 Å². The van der Waals surface area contributed by atoms with Gasteiger partial charge in [-0.2, -0.15) is 0 Å².